The number of hydrogen-bond acceptors (Lipinski definition) is 5. The van der Waals surface area contributed by atoms with Crippen molar-refractivity contribution < 1.29 is 17.6 Å². The average Bonchev–Trinajstić information content (AvgIpc) is 3.42. The van der Waals surface area contributed by atoms with Gasteiger partial charge in [-0.3, -0.25) is 4.79 Å². The maximum atomic E-state index is 13.2. The lowest BCUT2D eigenvalue weighted by atomic mass is 10.1. The zero-order valence-corrected chi connectivity index (χ0v) is 17.2. The molecule has 0 bridgehead atoms. The summed E-state index contributed by atoms with van der Waals surface area (Å²) < 4.78 is 38.9. The molecule has 1 atom stereocenters. The Labute approximate surface area is 173 Å². The summed E-state index contributed by atoms with van der Waals surface area (Å²) in [5.41, 5.74) is 2.97. The van der Waals surface area contributed by atoms with Gasteiger partial charge in [-0.15, -0.1) is 0 Å². The van der Waals surface area contributed by atoms with Gasteiger partial charge in [0.1, 0.15) is 5.82 Å². The van der Waals surface area contributed by atoms with Crippen molar-refractivity contribution >= 4 is 32.5 Å². The number of halogens is 1. The van der Waals surface area contributed by atoms with E-state index in [2.05, 4.69) is 10.4 Å². The topological polar surface area (TPSA) is 93.9 Å². The number of nitrogens with one attached hydrogen (secondary N) is 1. The molecule has 2 fully saturated rings. The standard InChI is InChI=1S/C21H21FN4O3S/c1-12-19-17(21(27)23-15-6-4-14(22)5-7-15)10-18(13-2-3-13)24-20(19)26(25-12)16-8-9-30(28,29)11-16/h4-7,10,13,16H,2-3,8-9,11H2,1H3,(H,23,27). The normalized spacial score (nSPS) is 20.5. The number of nitrogens with zero attached hydrogens (tertiary/aromatic N) is 3. The van der Waals surface area contributed by atoms with E-state index < -0.39 is 9.84 Å². The lowest BCUT2D eigenvalue weighted by Crippen LogP contribution is -2.15. The number of fused-ring (bicyclic) bond motifs is 1. The first-order valence-corrected chi connectivity index (χ1v) is 11.8. The predicted octanol–water partition coefficient (Wildman–Crippen LogP) is 3.37. The molecule has 0 radical (unpaired) electrons. The molecule has 156 valence electrons. The fraction of sp³-hybridized carbons (Fsp3) is 0.381. The average molecular weight is 428 g/mol. The van der Waals surface area contributed by atoms with Crippen LogP contribution in [0.15, 0.2) is 30.3 Å². The molecular weight excluding hydrogens is 407 g/mol. The number of benzene rings is 1. The molecule has 1 aliphatic heterocycles. The second kappa shape index (κ2) is 6.87. The van der Waals surface area contributed by atoms with Gasteiger partial charge in [0.15, 0.2) is 15.5 Å². The molecule has 1 N–H and O–H groups in total. The van der Waals surface area contributed by atoms with Crippen molar-refractivity contribution in [2.75, 3.05) is 16.8 Å². The Balaban J connectivity index is 1.60. The Hall–Kier alpha value is -2.81. The van der Waals surface area contributed by atoms with E-state index in [0.717, 1.165) is 18.5 Å². The molecule has 30 heavy (non-hydrogen) atoms. The van der Waals surface area contributed by atoms with Gasteiger partial charge in [0.05, 0.1) is 34.2 Å². The molecule has 7 nitrogen and oxygen atoms in total. The molecule has 1 saturated carbocycles. The van der Waals surface area contributed by atoms with Crippen LogP contribution in [0.5, 0.6) is 0 Å². The predicted molar refractivity (Wildman–Crippen MR) is 111 cm³/mol. The number of carbonyl (C=O) groups is 1. The summed E-state index contributed by atoms with van der Waals surface area (Å²) in [5, 5.41) is 8.02. The third kappa shape index (κ3) is 3.47. The SMILES string of the molecule is Cc1nn(C2CCS(=O)(=O)C2)c2nc(C3CC3)cc(C(=O)Nc3ccc(F)cc3)c12. The van der Waals surface area contributed by atoms with E-state index in [1.807, 2.05) is 6.07 Å². The Kier molecular flexibility index (Phi) is 4.39. The quantitative estimate of drug-likeness (QED) is 0.688. The number of aryl methyl sites for hydroxylation is 1. The van der Waals surface area contributed by atoms with Crippen LogP contribution in [0.25, 0.3) is 11.0 Å². The first kappa shape index (κ1) is 19.2. The Bertz CT molecular complexity index is 1260. The van der Waals surface area contributed by atoms with Crippen LogP contribution in [-0.4, -0.2) is 40.6 Å². The first-order chi connectivity index (χ1) is 14.3. The Morgan fingerprint density at radius 3 is 2.57 bits per heavy atom. The lowest BCUT2D eigenvalue weighted by molar-refractivity contribution is 0.102. The molecule has 2 aromatic heterocycles. The Morgan fingerprint density at radius 2 is 1.93 bits per heavy atom. The molecule has 1 amide bonds. The van der Waals surface area contributed by atoms with Gasteiger partial charge in [-0.1, -0.05) is 0 Å². The molecule has 1 aromatic carbocycles. The van der Waals surface area contributed by atoms with Crippen LogP contribution < -0.4 is 5.32 Å². The zero-order valence-electron chi connectivity index (χ0n) is 16.4. The monoisotopic (exact) mass is 428 g/mol. The maximum absolute atomic E-state index is 13.2. The zero-order chi connectivity index (χ0) is 21.0. The van der Waals surface area contributed by atoms with Crippen LogP contribution in [0.2, 0.25) is 0 Å². The second-order valence-corrected chi connectivity index (χ2v) is 10.3. The van der Waals surface area contributed by atoms with Gasteiger partial charge in [0.2, 0.25) is 0 Å². The minimum atomic E-state index is -3.09. The van der Waals surface area contributed by atoms with Crippen LogP contribution in [0, 0.1) is 12.7 Å². The molecule has 5 rings (SSSR count). The van der Waals surface area contributed by atoms with Gasteiger partial charge >= 0.3 is 0 Å². The molecule has 1 saturated heterocycles. The summed E-state index contributed by atoms with van der Waals surface area (Å²) in [4.78, 5) is 17.9. The molecular formula is C21H21FN4O3S. The summed E-state index contributed by atoms with van der Waals surface area (Å²) in [6.45, 7) is 1.80. The van der Waals surface area contributed by atoms with E-state index in [9.17, 15) is 17.6 Å². The summed E-state index contributed by atoms with van der Waals surface area (Å²) >= 11 is 0. The fourth-order valence-electron chi connectivity index (χ4n) is 4.05. The van der Waals surface area contributed by atoms with Gasteiger partial charge in [-0.05, 0) is 56.5 Å². The highest BCUT2D eigenvalue weighted by molar-refractivity contribution is 7.91. The van der Waals surface area contributed by atoms with Crippen LogP contribution in [0.3, 0.4) is 0 Å². The first-order valence-electron chi connectivity index (χ1n) is 9.98. The van der Waals surface area contributed by atoms with E-state index in [4.69, 9.17) is 4.98 Å². The number of anilines is 1. The molecule has 2 aliphatic rings. The van der Waals surface area contributed by atoms with Crippen molar-refractivity contribution in [3.63, 3.8) is 0 Å². The summed E-state index contributed by atoms with van der Waals surface area (Å²) in [7, 11) is -3.09. The van der Waals surface area contributed by atoms with E-state index in [1.165, 1.54) is 24.3 Å². The fourth-order valence-corrected chi connectivity index (χ4v) is 5.75. The minimum Gasteiger partial charge on any atom is -0.322 e. The maximum Gasteiger partial charge on any atom is 0.256 e. The second-order valence-electron chi connectivity index (χ2n) is 8.12. The molecule has 0 spiro atoms. The third-order valence-electron chi connectivity index (χ3n) is 5.75. The van der Waals surface area contributed by atoms with E-state index >= 15 is 0 Å². The smallest absolute Gasteiger partial charge is 0.256 e. The van der Waals surface area contributed by atoms with Crippen molar-refractivity contribution in [2.24, 2.45) is 0 Å². The van der Waals surface area contributed by atoms with Crippen LogP contribution in [-0.2, 0) is 9.84 Å². The molecule has 1 unspecified atom stereocenters. The number of aromatic nitrogens is 3. The van der Waals surface area contributed by atoms with Crippen LogP contribution in [0.4, 0.5) is 10.1 Å². The number of rotatable bonds is 4. The van der Waals surface area contributed by atoms with Crippen LogP contribution >= 0.6 is 0 Å². The van der Waals surface area contributed by atoms with E-state index in [0.29, 0.717) is 40.3 Å². The van der Waals surface area contributed by atoms with Gasteiger partial charge in [0.25, 0.3) is 5.91 Å². The summed E-state index contributed by atoms with van der Waals surface area (Å²) in [6.07, 6.45) is 2.52. The number of carbonyl (C=O) groups excluding carboxylic acids is 1. The summed E-state index contributed by atoms with van der Waals surface area (Å²) in [5.74, 6) is -0.215. The number of hydrogen-bond donors (Lipinski definition) is 1. The summed E-state index contributed by atoms with van der Waals surface area (Å²) in [6, 6.07) is 7.12. The Morgan fingerprint density at radius 1 is 1.20 bits per heavy atom. The molecule has 9 heteroatoms. The third-order valence-corrected chi connectivity index (χ3v) is 7.50. The lowest BCUT2D eigenvalue weighted by Gasteiger charge is -2.12. The van der Waals surface area contributed by atoms with Crippen molar-refractivity contribution in [3.8, 4) is 0 Å². The number of pyridine rings is 1. The van der Waals surface area contributed by atoms with Gasteiger partial charge in [0, 0.05) is 17.3 Å². The highest BCUT2D eigenvalue weighted by Gasteiger charge is 2.34. The number of sulfone groups is 1. The van der Waals surface area contributed by atoms with Crippen molar-refractivity contribution in [3.05, 3.63) is 53.1 Å². The molecule has 1 aliphatic carbocycles. The highest BCUT2D eigenvalue weighted by Crippen LogP contribution is 2.41. The van der Waals surface area contributed by atoms with Crippen LogP contribution in [0.1, 0.15) is 53.0 Å². The van der Waals surface area contributed by atoms with Crippen molar-refractivity contribution in [2.45, 2.75) is 38.1 Å². The number of amides is 1. The van der Waals surface area contributed by atoms with E-state index in [-0.39, 0.29) is 29.3 Å². The largest absolute Gasteiger partial charge is 0.322 e. The van der Waals surface area contributed by atoms with Gasteiger partial charge < -0.3 is 5.32 Å². The minimum absolute atomic E-state index is 0.0374. The molecule has 3 heterocycles. The highest BCUT2D eigenvalue weighted by atomic mass is 32.2. The van der Waals surface area contributed by atoms with E-state index in [1.54, 1.807) is 11.6 Å². The van der Waals surface area contributed by atoms with Gasteiger partial charge in [-0.25, -0.2) is 22.5 Å². The van der Waals surface area contributed by atoms with Crippen molar-refractivity contribution in [1.29, 1.82) is 0 Å². The molecule has 3 aromatic rings. The van der Waals surface area contributed by atoms with Crippen molar-refractivity contribution in [1.82, 2.24) is 14.8 Å². The van der Waals surface area contributed by atoms with Gasteiger partial charge in [-0.2, -0.15) is 5.10 Å².